The van der Waals surface area contributed by atoms with Gasteiger partial charge >= 0.3 is 47.8 Å². The van der Waals surface area contributed by atoms with Crippen molar-refractivity contribution >= 4 is 71.7 Å². The minimum Gasteiger partial charge on any atom is -0.545 e. The normalized spacial score (nSPS) is 10.7. The standard InChI is InChI=1S/4C26H42O4.Sn/c4*1-2-3-4-5-6-7-8-9-10-11-12-13-14-15-16-19-22-30-26(29)24-21-18-17-20-23(24)25(27)28;/h4*17-18,20-21H,2-16,19,22H2,1H3,(H,27,28);/q;;;;+4/p-4. The fourth-order valence-corrected chi connectivity index (χ4v) is 14.9. The molecular formula is C104H164O16Sn. The molecule has 0 aliphatic heterocycles. The predicted molar refractivity (Wildman–Crippen MR) is 488 cm³/mol. The molecule has 17 heteroatoms. The molecule has 0 atom stereocenters. The Bertz CT molecular complexity index is 2750. The van der Waals surface area contributed by atoms with Crippen LogP contribution in [0.1, 0.15) is 521 Å². The second-order valence-electron chi connectivity index (χ2n) is 33.1. The third-order valence-corrected chi connectivity index (χ3v) is 22.4. The summed E-state index contributed by atoms with van der Waals surface area (Å²) in [6.45, 7) is 10.4. The van der Waals surface area contributed by atoms with E-state index < -0.39 is 47.8 Å². The summed E-state index contributed by atoms with van der Waals surface area (Å²) >= 11 is 0. The van der Waals surface area contributed by atoms with Crippen LogP contribution in [0, 0.1) is 0 Å². The smallest absolute Gasteiger partial charge is 0.545 e. The van der Waals surface area contributed by atoms with Gasteiger partial charge in [0.2, 0.25) is 0 Å². The van der Waals surface area contributed by atoms with E-state index in [2.05, 4.69) is 27.7 Å². The van der Waals surface area contributed by atoms with E-state index in [1.54, 1.807) is 48.5 Å². The van der Waals surface area contributed by atoms with Gasteiger partial charge in [0.1, 0.15) is 0 Å². The molecule has 0 saturated heterocycles. The van der Waals surface area contributed by atoms with Crippen LogP contribution >= 0.6 is 0 Å². The molecule has 0 radical (unpaired) electrons. The Kier molecular flexibility index (Phi) is 81.0. The minimum absolute atomic E-state index is 0. The fraction of sp³-hybridized carbons (Fsp3) is 0.692. The van der Waals surface area contributed by atoms with Crippen LogP contribution in [0.15, 0.2) is 97.1 Å². The number of benzene rings is 4. The molecule has 4 aromatic rings. The van der Waals surface area contributed by atoms with Gasteiger partial charge in [-0.25, -0.2) is 19.2 Å². The van der Waals surface area contributed by atoms with E-state index >= 15 is 0 Å². The second kappa shape index (κ2) is 85.6. The van der Waals surface area contributed by atoms with Gasteiger partial charge in [0.05, 0.1) is 72.6 Å². The molecule has 0 N–H and O–H groups in total. The van der Waals surface area contributed by atoms with E-state index in [0.717, 1.165) is 77.0 Å². The van der Waals surface area contributed by atoms with Crippen LogP contribution in [0.5, 0.6) is 0 Å². The monoisotopic (exact) mass is 1790 g/mol. The fourth-order valence-electron chi connectivity index (χ4n) is 14.9. The van der Waals surface area contributed by atoms with Gasteiger partial charge in [0.15, 0.2) is 0 Å². The topological polar surface area (TPSA) is 266 Å². The van der Waals surface area contributed by atoms with Crippen molar-refractivity contribution in [2.75, 3.05) is 26.4 Å². The number of carbonyl (C=O) groups excluding carboxylic acids is 8. The average molecular weight is 1790 g/mol. The van der Waals surface area contributed by atoms with Crippen LogP contribution in [0.3, 0.4) is 0 Å². The molecule has 121 heavy (non-hydrogen) atoms. The first-order valence-electron chi connectivity index (χ1n) is 48.6. The van der Waals surface area contributed by atoms with E-state index in [1.807, 2.05) is 0 Å². The van der Waals surface area contributed by atoms with Gasteiger partial charge in [0.25, 0.3) is 0 Å². The zero-order valence-electron chi connectivity index (χ0n) is 76.4. The van der Waals surface area contributed by atoms with E-state index in [4.69, 9.17) is 18.9 Å². The van der Waals surface area contributed by atoms with Gasteiger partial charge < -0.3 is 58.6 Å². The predicted octanol–water partition coefficient (Wildman–Crippen LogP) is 25.5. The zero-order chi connectivity index (χ0) is 87.5. The van der Waals surface area contributed by atoms with Crippen LogP contribution in [0.25, 0.3) is 0 Å². The molecule has 0 fully saturated rings. The number of hydrogen-bond donors (Lipinski definition) is 0. The maximum atomic E-state index is 12.0. The molecule has 0 amide bonds. The summed E-state index contributed by atoms with van der Waals surface area (Å²) in [5, 5.41) is 44.2. The third kappa shape index (κ3) is 66.6. The van der Waals surface area contributed by atoms with Crippen molar-refractivity contribution in [2.45, 2.75) is 439 Å². The number of carbonyl (C=O) groups is 8. The molecule has 0 spiro atoms. The second-order valence-corrected chi connectivity index (χ2v) is 33.1. The van der Waals surface area contributed by atoms with Gasteiger partial charge in [-0.1, -0.05) is 486 Å². The molecule has 680 valence electrons. The molecule has 0 bridgehead atoms. The molecule has 4 aromatic carbocycles. The molecule has 0 aliphatic carbocycles. The van der Waals surface area contributed by atoms with E-state index in [0.29, 0.717) is 26.4 Å². The SMILES string of the molecule is CCCCCCCCCCCCCCCCCCOC(=O)c1ccccc1C(=O)[O-].CCCCCCCCCCCCCCCCCCOC(=O)c1ccccc1C(=O)[O-].CCCCCCCCCCCCCCCCCCOC(=O)c1ccccc1C(=O)[O-].CCCCCCCCCCCCCCCCCCOC(=O)c1ccccc1C(=O)[O-].[Sn+4]. The first-order valence-corrected chi connectivity index (χ1v) is 48.6. The van der Waals surface area contributed by atoms with Crippen LogP contribution in [0.2, 0.25) is 0 Å². The van der Waals surface area contributed by atoms with Crippen molar-refractivity contribution in [3.63, 3.8) is 0 Å². The number of esters is 4. The Morgan fingerprint density at radius 3 is 0.380 bits per heavy atom. The number of carboxylic acids is 4. The van der Waals surface area contributed by atoms with Gasteiger partial charge in [-0.15, -0.1) is 0 Å². The summed E-state index contributed by atoms with van der Waals surface area (Å²) < 4.78 is 20.8. The van der Waals surface area contributed by atoms with Crippen molar-refractivity contribution in [1.29, 1.82) is 0 Å². The quantitative estimate of drug-likeness (QED) is 0.0172. The van der Waals surface area contributed by atoms with Crippen molar-refractivity contribution in [3.05, 3.63) is 142 Å². The molecule has 4 rings (SSSR count). The average Bonchev–Trinajstić information content (AvgIpc) is 0.873. The van der Waals surface area contributed by atoms with Crippen molar-refractivity contribution < 1.29 is 77.7 Å². The summed E-state index contributed by atoms with van der Waals surface area (Å²) in [5.74, 6) is -7.78. The summed E-state index contributed by atoms with van der Waals surface area (Å²) in [7, 11) is 0. The summed E-state index contributed by atoms with van der Waals surface area (Å²) in [6.07, 6.45) is 83.0. The Hall–Kier alpha value is -6.56. The largest absolute Gasteiger partial charge is 4.00 e. The molecule has 0 heterocycles. The number of unbranched alkanes of at least 4 members (excludes halogenated alkanes) is 60. The summed E-state index contributed by atoms with van der Waals surface area (Å²) in [5.41, 5.74) is -0.209. The first-order chi connectivity index (χ1) is 58.7. The van der Waals surface area contributed by atoms with Crippen LogP contribution < -0.4 is 20.4 Å². The number of rotatable bonds is 76. The van der Waals surface area contributed by atoms with Crippen LogP contribution in [0.4, 0.5) is 0 Å². The number of hydrogen-bond acceptors (Lipinski definition) is 16. The Labute approximate surface area is 751 Å². The van der Waals surface area contributed by atoms with Gasteiger partial charge in [-0.3, -0.25) is 0 Å². The number of ether oxygens (including phenoxy) is 4. The third-order valence-electron chi connectivity index (χ3n) is 22.4. The van der Waals surface area contributed by atoms with Gasteiger partial charge in [-0.2, -0.15) is 0 Å². The molecule has 0 aromatic heterocycles. The molecule has 0 aliphatic rings. The Morgan fingerprint density at radius 2 is 0.273 bits per heavy atom. The maximum absolute atomic E-state index is 12.0. The number of carboxylic acid groups (broad SMARTS) is 4. The molecule has 16 nitrogen and oxygen atoms in total. The zero-order valence-corrected chi connectivity index (χ0v) is 79.2. The molecule has 0 saturated carbocycles. The maximum Gasteiger partial charge on any atom is 4.00 e. The minimum atomic E-state index is -1.36. The Morgan fingerprint density at radius 1 is 0.174 bits per heavy atom. The van der Waals surface area contributed by atoms with Crippen molar-refractivity contribution in [3.8, 4) is 0 Å². The molecular weight excluding hydrogens is 1620 g/mol. The van der Waals surface area contributed by atoms with Gasteiger partial charge in [0, 0.05) is 22.3 Å². The van der Waals surface area contributed by atoms with Crippen LogP contribution in [-0.4, -0.2) is 98.1 Å². The first kappa shape index (κ1) is 114. The van der Waals surface area contributed by atoms with E-state index in [9.17, 15) is 58.8 Å². The summed E-state index contributed by atoms with van der Waals surface area (Å²) in [6, 6.07) is 24.0. The summed E-state index contributed by atoms with van der Waals surface area (Å²) in [4.78, 5) is 92.2. The van der Waals surface area contributed by atoms with E-state index in [-0.39, 0.29) is 68.4 Å². The Balaban J connectivity index is 0.00000158. The molecule has 0 unspecified atom stereocenters. The van der Waals surface area contributed by atoms with Crippen molar-refractivity contribution in [1.82, 2.24) is 0 Å². The van der Waals surface area contributed by atoms with Gasteiger partial charge in [-0.05, 0) is 49.9 Å². The number of aromatic carboxylic acids is 4. The van der Waals surface area contributed by atoms with E-state index in [1.165, 1.54) is 382 Å². The van der Waals surface area contributed by atoms with Crippen LogP contribution in [-0.2, 0) is 18.9 Å². The van der Waals surface area contributed by atoms with Crippen molar-refractivity contribution in [2.24, 2.45) is 0 Å².